The van der Waals surface area contributed by atoms with Gasteiger partial charge in [0.1, 0.15) is 91.1 Å². The van der Waals surface area contributed by atoms with E-state index in [1.165, 1.54) is 14.0 Å². The van der Waals surface area contributed by atoms with Crippen molar-refractivity contribution in [3.63, 3.8) is 0 Å². The molecule has 4 saturated carbocycles. The fraction of sp³-hybridized carbons (Fsp3) is 0.857. The monoisotopic (exact) mass is 1140 g/mol. The van der Waals surface area contributed by atoms with Crippen LogP contribution in [0, 0.1) is 28.6 Å². The van der Waals surface area contributed by atoms with E-state index in [0.717, 1.165) is 19.3 Å². The number of esters is 2. The van der Waals surface area contributed by atoms with Crippen LogP contribution in [0.25, 0.3) is 0 Å². The number of rotatable bonds is 16. The minimum atomic E-state index is -1.83. The fourth-order valence-corrected chi connectivity index (χ4v) is 15.4. The zero-order valence-corrected chi connectivity index (χ0v) is 46.8. The first kappa shape index (κ1) is 61.9. The van der Waals surface area contributed by atoms with Gasteiger partial charge in [0.25, 0.3) is 0 Å². The molecule has 0 spiro atoms. The Labute approximate surface area is 465 Å². The van der Waals surface area contributed by atoms with Gasteiger partial charge in [0.05, 0.1) is 54.2 Å². The van der Waals surface area contributed by atoms with Crippen LogP contribution in [-0.2, 0) is 61.6 Å². The number of carbonyl (C=O) groups is 2. The lowest BCUT2D eigenvalue weighted by Crippen LogP contribution is -2.72. The molecule has 4 heterocycles. The van der Waals surface area contributed by atoms with E-state index in [0.29, 0.717) is 24.8 Å². The van der Waals surface area contributed by atoms with E-state index in [1.54, 1.807) is 58.2 Å². The Bertz CT molecular complexity index is 2250. The summed E-state index contributed by atoms with van der Waals surface area (Å²) >= 11 is 0. The second-order valence-electron chi connectivity index (χ2n) is 24.3. The van der Waals surface area contributed by atoms with Crippen molar-refractivity contribution in [3.05, 3.63) is 35.9 Å². The molecule has 0 amide bonds. The van der Waals surface area contributed by atoms with Crippen LogP contribution < -0.4 is 0 Å². The molecule has 4 saturated heterocycles. The zero-order chi connectivity index (χ0) is 58.0. The van der Waals surface area contributed by atoms with Gasteiger partial charge in [-0.3, -0.25) is 4.79 Å². The first-order valence-corrected chi connectivity index (χ1v) is 28.4. The molecule has 4 aliphatic carbocycles. The van der Waals surface area contributed by atoms with Gasteiger partial charge >= 0.3 is 11.9 Å². The Balaban J connectivity index is 0.802. The third-order valence-electron chi connectivity index (χ3n) is 20.1. The summed E-state index contributed by atoms with van der Waals surface area (Å²) in [4.78, 5) is 26.2. The van der Waals surface area contributed by atoms with Crippen LogP contribution in [0.15, 0.2) is 30.3 Å². The van der Waals surface area contributed by atoms with Crippen molar-refractivity contribution in [1.29, 1.82) is 0 Å². The summed E-state index contributed by atoms with van der Waals surface area (Å²) in [5, 5.41) is 111. The summed E-state index contributed by atoms with van der Waals surface area (Å²) < 4.78 is 72.6. The second-order valence-corrected chi connectivity index (χ2v) is 24.3. The number of methoxy groups -OCH3 is 2. The summed E-state index contributed by atoms with van der Waals surface area (Å²) in [6.45, 7) is 9.20. The van der Waals surface area contributed by atoms with Crippen molar-refractivity contribution in [1.82, 2.24) is 0 Å². The molecule has 24 heteroatoms. The molecule has 8 fully saturated rings. The lowest BCUT2D eigenvalue weighted by Gasteiger charge is -2.66. The predicted molar refractivity (Wildman–Crippen MR) is 272 cm³/mol. The number of ether oxygens (including phenoxy) is 12. The van der Waals surface area contributed by atoms with E-state index in [1.807, 2.05) is 6.92 Å². The Morgan fingerprint density at radius 3 is 1.98 bits per heavy atom. The zero-order valence-electron chi connectivity index (χ0n) is 46.8. The van der Waals surface area contributed by atoms with Gasteiger partial charge in [0.15, 0.2) is 25.2 Å². The van der Waals surface area contributed by atoms with Crippen LogP contribution in [-0.4, -0.2) is 237 Å². The van der Waals surface area contributed by atoms with Crippen LogP contribution in [0.5, 0.6) is 0 Å². The van der Waals surface area contributed by atoms with Gasteiger partial charge in [-0.15, -0.1) is 0 Å². The Morgan fingerprint density at radius 2 is 1.31 bits per heavy atom. The van der Waals surface area contributed by atoms with Crippen molar-refractivity contribution >= 4 is 11.9 Å². The first-order chi connectivity index (χ1) is 37.8. The third-order valence-corrected chi connectivity index (χ3v) is 20.1. The van der Waals surface area contributed by atoms with E-state index < -0.39 is 171 Å². The molecule has 24 nitrogen and oxygen atoms in total. The summed E-state index contributed by atoms with van der Waals surface area (Å²) in [6, 6.07) is 8.53. The molecular weight excluding hydrogens is 1060 g/mol. The highest BCUT2D eigenvalue weighted by Gasteiger charge is 2.77. The van der Waals surface area contributed by atoms with Crippen LogP contribution in [0.4, 0.5) is 0 Å². The Hall–Kier alpha value is -2.64. The molecule has 10 N–H and O–H groups in total. The van der Waals surface area contributed by atoms with Crippen molar-refractivity contribution in [2.75, 3.05) is 27.4 Å². The molecule has 9 rings (SSSR count). The fourth-order valence-electron chi connectivity index (χ4n) is 15.4. The van der Waals surface area contributed by atoms with Crippen molar-refractivity contribution in [3.8, 4) is 0 Å². The third kappa shape index (κ3) is 11.0. The van der Waals surface area contributed by atoms with Gasteiger partial charge in [0, 0.05) is 27.6 Å². The van der Waals surface area contributed by atoms with E-state index in [9.17, 15) is 60.7 Å². The minimum absolute atomic E-state index is 0.0575. The normalized spacial score (nSPS) is 49.9. The largest absolute Gasteiger partial charge is 0.462 e. The summed E-state index contributed by atoms with van der Waals surface area (Å²) in [6.07, 6.45) is -22.4. The summed E-state index contributed by atoms with van der Waals surface area (Å²) in [5.74, 6) is -1.21. The average Bonchev–Trinajstić information content (AvgIpc) is 2.94. The highest BCUT2D eigenvalue weighted by molar-refractivity contribution is 5.89. The van der Waals surface area contributed by atoms with Crippen LogP contribution in [0.3, 0.4) is 0 Å². The Kier molecular flexibility index (Phi) is 18.9. The lowest BCUT2D eigenvalue weighted by molar-refractivity contribution is -0.374. The molecule has 80 heavy (non-hydrogen) atoms. The van der Waals surface area contributed by atoms with Crippen LogP contribution in [0.2, 0.25) is 0 Å². The van der Waals surface area contributed by atoms with Crippen LogP contribution in [0.1, 0.15) is 110 Å². The number of benzene rings is 1. The first-order valence-electron chi connectivity index (χ1n) is 28.4. The van der Waals surface area contributed by atoms with Gasteiger partial charge in [-0.05, 0) is 107 Å². The SMILES string of the molecule is CO[C@@H]1[C@@H](O)[C@H](O[C@@H]2[C@@H](C)O[C@@H](O[C@H]3CC[C@@]4(C)[C@@H](CC[C@@H]5[C@@H]4C[C@@H](OC(C)=O)[C@]4(C)[C@](O)(C(C)OC(=O)c6ccccc6)CC[C@]54O)C3)C[C@H]2OC)O[C@H](C)[C@H]1O[C@@H]1O[C@H](CO[C@@H]2O[C@H](CO)[C@@H](O)[C@H](O)[C@H]2O)[C@@H](O)[C@H](O)[C@H]1O. The molecule has 0 bridgehead atoms. The molecule has 0 aromatic heterocycles. The van der Waals surface area contributed by atoms with E-state index in [4.69, 9.17) is 56.8 Å². The van der Waals surface area contributed by atoms with E-state index in [2.05, 4.69) is 6.92 Å². The standard InChI is InChI=1S/C56H86O24/c1-25-46(79-52-45(65)48(70-8)47(26(2)73-52)80-51-44(64)42(62)40(60)36(78-51)24-71-50-43(63)41(61)39(59)35(23-57)77-50)34(69-7)22-38(72-25)76-31-16-17-53(5)30(20-31)14-15-32-33(53)21-37(75-28(4)58)54(6)55(67,18-19-56(32,54)68)27(3)74-49(66)29-12-10-9-11-13-29/h9-13,25-27,30-48,50-52,57,59-65,67-68H,14-24H2,1-8H3/t25-,26-,27?,30+,31+,32-,33+,34-,35-,36-,37-,38+,39-,40-,41+,42+,43-,44-,45-,46-,47-,48-,50-,51+,52+,53+,54-,55-,56+/m1/s1. The van der Waals surface area contributed by atoms with Crippen LogP contribution >= 0.6 is 0 Å². The number of carbonyl (C=O) groups excluding carboxylic acids is 2. The van der Waals surface area contributed by atoms with Gasteiger partial charge < -0.3 is 108 Å². The topological polar surface area (TPSA) is 347 Å². The lowest BCUT2D eigenvalue weighted by atomic mass is 9.42. The molecule has 29 atom stereocenters. The van der Waals surface area contributed by atoms with E-state index in [-0.39, 0.29) is 48.5 Å². The van der Waals surface area contributed by atoms with Crippen molar-refractivity contribution in [2.24, 2.45) is 28.6 Å². The molecular formula is C56H86O24. The maximum atomic E-state index is 13.3. The molecule has 1 unspecified atom stereocenters. The highest BCUT2D eigenvalue weighted by atomic mass is 16.8. The highest BCUT2D eigenvalue weighted by Crippen LogP contribution is 2.71. The van der Waals surface area contributed by atoms with Crippen molar-refractivity contribution in [2.45, 2.75) is 246 Å². The van der Waals surface area contributed by atoms with Gasteiger partial charge in [-0.2, -0.15) is 0 Å². The van der Waals surface area contributed by atoms with Gasteiger partial charge in [0.2, 0.25) is 0 Å². The van der Waals surface area contributed by atoms with Crippen molar-refractivity contribution < 1.29 is 117 Å². The summed E-state index contributed by atoms with van der Waals surface area (Å²) in [5.41, 5.74) is -4.44. The number of fused-ring (bicyclic) bond motifs is 5. The minimum Gasteiger partial charge on any atom is -0.462 e. The number of hydrogen-bond donors (Lipinski definition) is 10. The Morgan fingerprint density at radius 1 is 0.675 bits per heavy atom. The molecule has 8 aliphatic rings. The number of aliphatic hydroxyl groups excluding tert-OH is 8. The van der Waals surface area contributed by atoms with Gasteiger partial charge in [-0.1, -0.05) is 32.0 Å². The quantitative estimate of drug-likeness (QED) is 0.0751. The maximum Gasteiger partial charge on any atom is 0.338 e. The van der Waals surface area contributed by atoms with Gasteiger partial charge in [-0.25, -0.2) is 4.79 Å². The predicted octanol–water partition coefficient (Wildman–Crippen LogP) is -0.287. The molecule has 454 valence electrons. The maximum absolute atomic E-state index is 13.3. The summed E-state index contributed by atoms with van der Waals surface area (Å²) in [7, 11) is 2.87. The molecule has 1 aromatic rings. The molecule has 0 radical (unpaired) electrons. The second kappa shape index (κ2) is 24.4. The molecule has 4 aliphatic heterocycles. The average molecular weight is 1140 g/mol. The smallest absolute Gasteiger partial charge is 0.338 e. The van der Waals surface area contributed by atoms with E-state index >= 15 is 0 Å². The molecule has 1 aromatic carbocycles. The number of aliphatic hydroxyl groups is 10. The number of hydrogen-bond acceptors (Lipinski definition) is 24.